The minimum atomic E-state index is -0.216. The van der Waals surface area contributed by atoms with Crippen LogP contribution in [0.2, 0.25) is 0 Å². The molecule has 0 saturated heterocycles. The second-order valence-corrected chi connectivity index (χ2v) is 7.49. The number of carbonyl (C=O) groups is 2. The van der Waals surface area contributed by atoms with E-state index >= 15 is 0 Å². The molecule has 23 heavy (non-hydrogen) atoms. The number of rotatable bonds is 4. The molecule has 0 N–H and O–H groups in total. The monoisotopic (exact) mass is 314 g/mol. The Bertz CT molecular complexity index is 568. The van der Waals surface area contributed by atoms with E-state index in [1.54, 1.807) is 12.1 Å². The van der Waals surface area contributed by atoms with E-state index in [4.69, 9.17) is 4.74 Å². The molecule has 1 aromatic rings. The van der Waals surface area contributed by atoms with Gasteiger partial charge in [-0.1, -0.05) is 32.0 Å². The van der Waals surface area contributed by atoms with Crippen LogP contribution >= 0.6 is 0 Å². The van der Waals surface area contributed by atoms with Crippen LogP contribution in [0.25, 0.3) is 0 Å². The van der Waals surface area contributed by atoms with Crippen molar-refractivity contribution >= 4 is 12.3 Å². The van der Waals surface area contributed by atoms with Crippen LogP contribution < -0.4 is 0 Å². The topological polar surface area (TPSA) is 43.4 Å². The zero-order valence-electron chi connectivity index (χ0n) is 14.0. The lowest BCUT2D eigenvalue weighted by atomic mass is 9.62. The SMILES string of the molecule is C[C@H](C=O)C1CCC2[C@@H](OC(=O)c3ccccc3)CCC[C@]12C. The molecule has 2 aliphatic carbocycles. The summed E-state index contributed by atoms with van der Waals surface area (Å²) in [6.07, 6.45) is 6.37. The number of benzene rings is 1. The van der Waals surface area contributed by atoms with Crippen LogP contribution in [0.5, 0.6) is 0 Å². The van der Waals surface area contributed by atoms with Crippen LogP contribution in [0.1, 0.15) is 56.3 Å². The highest BCUT2D eigenvalue weighted by molar-refractivity contribution is 5.89. The van der Waals surface area contributed by atoms with Gasteiger partial charge in [0.05, 0.1) is 5.56 Å². The first-order valence-electron chi connectivity index (χ1n) is 8.77. The molecule has 124 valence electrons. The summed E-state index contributed by atoms with van der Waals surface area (Å²) in [5, 5.41) is 0. The maximum Gasteiger partial charge on any atom is 0.338 e. The lowest BCUT2D eigenvalue weighted by molar-refractivity contribution is -0.114. The van der Waals surface area contributed by atoms with E-state index in [0.29, 0.717) is 17.4 Å². The maximum atomic E-state index is 12.4. The Morgan fingerprint density at radius 3 is 2.70 bits per heavy atom. The van der Waals surface area contributed by atoms with Crippen molar-refractivity contribution in [1.29, 1.82) is 0 Å². The van der Waals surface area contributed by atoms with Gasteiger partial charge in [0, 0.05) is 11.8 Å². The number of hydrogen-bond donors (Lipinski definition) is 0. The predicted molar refractivity (Wildman–Crippen MR) is 89.0 cm³/mol. The molecular formula is C20H26O3. The van der Waals surface area contributed by atoms with Crippen LogP contribution in [0.3, 0.4) is 0 Å². The second-order valence-electron chi connectivity index (χ2n) is 7.49. The van der Waals surface area contributed by atoms with E-state index in [9.17, 15) is 9.59 Å². The summed E-state index contributed by atoms with van der Waals surface area (Å²) in [4.78, 5) is 23.7. The van der Waals surface area contributed by atoms with Gasteiger partial charge in [-0.25, -0.2) is 4.79 Å². The molecule has 0 heterocycles. The summed E-state index contributed by atoms with van der Waals surface area (Å²) >= 11 is 0. The van der Waals surface area contributed by atoms with E-state index in [-0.39, 0.29) is 23.4 Å². The molecule has 2 aliphatic rings. The van der Waals surface area contributed by atoms with Crippen molar-refractivity contribution in [1.82, 2.24) is 0 Å². The van der Waals surface area contributed by atoms with Crippen molar-refractivity contribution in [3.05, 3.63) is 35.9 Å². The average Bonchev–Trinajstić information content (AvgIpc) is 2.93. The first-order chi connectivity index (χ1) is 11.1. The number of ether oxygens (including phenoxy) is 1. The van der Waals surface area contributed by atoms with Crippen molar-refractivity contribution in [2.75, 3.05) is 0 Å². The minimum Gasteiger partial charge on any atom is -0.458 e. The molecule has 2 unspecified atom stereocenters. The summed E-state index contributed by atoms with van der Waals surface area (Å²) in [6.45, 7) is 4.34. The number of esters is 1. The van der Waals surface area contributed by atoms with E-state index in [1.807, 2.05) is 25.1 Å². The molecule has 3 rings (SSSR count). The van der Waals surface area contributed by atoms with Crippen LogP contribution in [0, 0.1) is 23.2 Å². The molecule has 0 aliphatic heterocycles. The lowest BCUT2D eigenvalue weighted by Crippen LogP contribution is -2.43. The molecule has 3 heteroatoms. The van der Waals surface area contributed by atoms with Gasteiger partial charge in [0.2, 0.25) is 0 Å². The molecule has 0 amide bonds. The largest absolute Gasteiger partial charge is 0.458 e. The smallest absolute Gasteiger partial charge is 0.338 e. The summed E-state index contributed by atoms with van der Waals surface area (Å²) in [7, 11) is 0. The molecule has 2 saturated carbocycles. The molecule has 0 spiro atoms. The van der Waals surface area contributed by atoms with Gasteiger partial charge >= 0.3 is 5.97 Å². The average molecular weight is 314 g/mol. The Hall–Kier alpha value is -1.64. The molecule has 2 fully saturated rings. The Labute approximate surface area is 138 Å². The lowest BCUT2D eigenvalue weighted by Gasteiger charge is -2.45. The predicted octanol–water partition coefficient (Wildman–Crippen LogP) is 4.26. The van der Waals surface area contributed by atoms with Gasteiger partial charge in [-0.3, -0.25) is 0 Å². The van der Waals surface area contributed by atoms with Gasteiger partial charge in [-0.15, -0.1) is 0 Å². The normalized spacial score (nSPS) is 34.4. The van der Waals surface area contributed by atoms with E-state index < -0.39 is 0 Å². The first-order valence-corrected chi connectivity index (χ1v) is 8.77. The highest BCUT2D eigenvalue weighted by Gasteiger charge is 2.53. The fourth-order valence-corrected chi connectivity index (χ4v) is 5.04. The van der Waals surface area contributed by atoms with Crippen molar-refractivity contribution in [3.63, 3.8) is 0 Å². The van der Waals surface area contributed by atoms with Crippen molar-refractivity contribution in [2.45, 2.75) is 52.1 Å². The quantitative estimate of drug-likeness (QED) is 0.616. The summed E-state index contributed by atoms with van der Waals surface area (Å²) in [5.74, 6) is 0.680. The Kier molecular flexibility index (Phi) is 4.56. The van der Waals surface area contributed by atoms with Gasteiger partial charge in [0.25, 0.3) is 0 Å². The Morgan fingerprint density at radius 2 is 2.00 bits per heavy atom. The molecule has 5 atom stereocenters. The van der Waals surface area contributed by atoms with Crippen LogP contribution in [0.4, 0.5) is 0 Å². The standard InChI is InChI=1S/C20H26O3/c1-14(13-21)16-10-11-17-18(9-6-12-20(16,17)2)23-19(22)15-7-4-3-5-8-15/h3-5,7-8,13-14,16-18H,6,9-12H2,1-2H3/t14-,16?,17?,18+,20-/m1/s1. The fraction of sp³-hybridized carbons (Fsp3) is 0.600. The highest BCUT2D eigenvalue weighted by atomic mass is 16.5. The van der Waals surface area contributed by atoms with E-state index in [0.717, 1.165) is 38.4 Å². The molecular weight excluding hydrogens is 288 g/mol. The zero-order valence-corrected chi connectivity index (χ0v) is 14.0. The van der Waals surface area contributed by atoms with Crippen molar-refractivity contribution < 1.29 is 14.3 Å². The number of hydrogen-bond acceptors (Lipinski definition) is 3. The van der Waals surface area contributed by atoms with Gasteiger partial charge in [0.1, 0.15) is 12.4 Å². The molecule has 3 nitrogen and oxygen atoms in total. The molecule has 0 bridgehead atoms. The van der Waals surface area contributed by atoms with Crippen LogP contribution in [-0.2, 0) is 9.53 Å². The fourth-order valence-electron chi connectivity index (χ4n) is 5.04. The Balaban J connectivity index is 1.75. The first kappa shape index (κ1) is 16.2. The van der Waals surface area contributed by atoms with Gasteiger partial charge in [-0.05, 0) is 55.6 Å². The third-order valence-corrected chi connectivity index (χ3v) is 6.25. The van der Waals surface area contributed by atoms with Gasteiger partial charge < -0.3 is 9.53 Å². The molecule has 1 aromatic carbocycles. The molecule has 0 radical (unpaired) electrons. The van der Waals surface area contributed by atoms with Gasteiger partial charge in [0.15, 0.2) is 0 Å². The maximum absolute atomic E-state index is 12.4. The number of carbonyl (C=O) groups excluding carboxylic acids is 2. The highest BCUT2D eigenvalue weighted by Crippen LogP contribution is 2.58. The van der Waals surface area contributed by atoms with Crippen molar-refractivity contribution in [3.8, 4) is 0 Å². The summed E-state index contributed by atoms with van der Waals surface area (Å²) in [5.41, 5.74) is 0.746. The third kappa shape index (κ3) is 2.93. The van der Waals surface area contributed by atoms with Gasteiger partial charge in [-0.2, -0.15) is 0 Å². The van der Waals surface area contributed by atoms with E-state index in [1.165, 1.54) is 0 Å². The summed E-state index contributed by atoms with van der Waals surface area (Å²) in [6, 6.07) is 9.22. The molecule has 0 aromatic heterocycles. The third-order valence-electron chi connectivity index (χ3n) is 6.25. The zero-order chi connectivity index (χ0) is 16.4. The number of fused-ring (bicyclic) bond motifs is 1. The number of aldehydes is 1. The van der Waals surface area contributed by atoms with E-state index in [2.05, 4.69) is 6.92 Å². The second kappa shape index (κ2) is 6.46. The summed E-state index contributed by atoms with van der Waals surface area (Å²) < 4.78 is 5.89. The van der Waals surface area contributed by atoms with Crippen LogP contribution in [-0.4, -0.2) is 18.4 Å². The van der Waals surface area contributed by atoms with Crippen molar-refractivity contribution in [2.24, 2.45) is 23.2 Å². The van der Waals surface area contributed by atoms with Crippen LogP contribution in [0.15, 0.2) is 30.3 Å². The minimum absolute atomic E-state index is 0.00897. The Morgan fingerprint density at radius 1 is 1.26 bits per heavy atom.